The van der Waals surface area contributed by atoms with Crippen molar-refractivity contribution in [3.05, 3.63) is 0 Å². The van der Waals surface area contributed by atoms with Gasteiger partial charge in [0.05, 0.1) is 0 Å². The first kappa shape index (κ1) is 16.7. The summed E-state index contributed by atoms with van der Waals surface area (Å²) in [5.74, 6) is 0.277. The van der Waals surface area contributed by atoms with Crippen LogP contribution in [-0.2, 0) is 4.79 Å². The van der Waals surface area contributed by atoms with Gasteiger partial charge in [-0.15, -0.1) is 0 Å². The molecule has 4 atom stereocenters. The zero-order valence-electron chi connectivity index (χ0n) is 13.9. The monoisotopic (exact) mass is 297 g/mol. The first-order chi connectivity index (χ1) is 9.90. The SMILES string of the molecule is CNC1(C(=O)O)CCCC1CCN1CC(C)C(N(C)C)C1. The summed E-state index contributed by atoms with van der Waals surface area (Å²) >= 11 is 0. The van der Waals surface area contributed by atoms with Gasteiger partial charge in [0.15, 0.2) is 0 Å². The number of carboxylic acid groups (broad SMARTS) is 1. The Labute approximate surface area is 128 Å². The quantitative estimate of drug-likeness (QED) is 0.769. The van der Waals surface area contributed by atoms with E-state index in [1.54, 1.807) is 7.05 Å². The third-order valence-electron chi connectivity index (χ3n) is 5.75. The fourth-order valence-electron chi connectivity index (χ4n) is 4.43. The van der Waals surface area contributed by atoms with Crippen molar-refractivity contribution < 1.29 is 9.90 Å². The van der Waals surface area contributed by atoms with Gasteiger partial charge in [0.2, 0.25) is 0 Å². The van der Waals surface area contributed by atoms with Crippen LogP contribution in [0, 0.1) is 11.8 Å². The number of aliphatic carboxylic acids is 1. The smallest absolute Gasteiger partial charge is 0.324 e. The van der Waals surface area contributed by atoms with Gasteiger partial charge in [-0.05, 0) is 58.8 Å². The number of likely N-dealkylation sites (N-methyl/N-ethyl adjacent to an activating group) is 2. The summed E-state index contributed by atoms with van der Waals surface area (Å²) in [7, 11) is 6.10. The van der Waals surface area contributed by atoms with E-state index in [0.29, 0.717) is 12.0 Å². The Hall–Kier alpha value is -0.650. The Morgan fingerprint density at radius 1 is 1.43 bits per heavy atom. The largest absolute Gasteiger partial charge is 0.480 e. The van der Waals surface area contributed by atoms with Gasteiger partial charge in [-0.2, -0.15) is 0 Å². The van der Waals surface area contributed by atoms with Crippen molar-refractivity contribution in [1.82, 2.24) is 15.1 Å². The molecule has 0 aromatic heterocycles. The molecular formula is C16H31N3O2. The molecule has 122 valence electrons. The van der Waals surface area contributed by atoms with Gasteiger partial charge in [-0.3, -0.25) is 4.79 Å². The zero-order valence-corrected chi connectivity index (χ0v) is 13.9. The molecule has 5 heteroatoms. The first-order valence-corrected chi connectivity index (χ1v) is 8.21. The van der Waals surface area contributed by atoms with Crippen LogP contribution in [0.2, 0.25) is 0 Å². The van der Waals surface area contributed by atoms with Crippen LogP contribution >= 0.6 is 0 Å². The fourth-order valence-corrected chi connectivity index (χ4v) is 4.43. The molecule has 0 aromatic rings. The van der Waals surface area contributed by atoms with E-state index in [-0.39, 0.29) is 5.92 Å². The van der Waals surface area contributed by atoms with E-state index in [1.807, 2.05) is 0 Å². The third kappa shape index (κ3) is 3.25. The van der Waals surface area contributed by atoms with Crippen LogP contribution in [0.25, 0.3) is 0 Å². The van der Waals surface area contributed by atoms with Crippen LogP contribution in [0.5, 0.6) is 0 Å². The minimum absolute atomic E-state index is 0.258. The maximum atomic E-state index is 11.7. The molecule has 1 saturated heterocycles. The highest BCUT2D eigenvalue weighted by Gasteiger charge is 2.48. The number of nitrogens with zero attached hydrogens (tertiary/aromatic N) is 2. The molecule has 0 bridgehead atoms. The molecule has 1 saturated carbocycles. The highest BCUT2D eigenvalue weighted by molar-refractivity contribution is 5.79. The Balaban J connectivity index is 1.90. The molecule has 2 rings (SSSR count). The highest BCUT2D eigenvalue weighted by atomic mass is 16.4. The van der Waals surface area contributed by atoms with Gasteiger partial charge in [0.1, 0.15) is 5.54 Å². The maximum absolute atomic E-state index is 11.7. The molecule has 0 amide bonds. The predicted molar refractivity (Wildman–Crippen MR) is 84.5 cm³/mol. The van der Waals surface area contributed by atoms with E-state index >= 15 is 0 Å². The number of hydrogen-bond donors (Lipinski definition) is 2. The standard InChI is InChI=1S/C16H31N3O2/c1-12-10-19(11-14(12)18(3)4)9-7-13-6-5-8-16(13,17-2)15(20)21/h12-14,17H,5-11H2,1-4H3,(H,20,21). The lowest BCUT2D eigenvalue weighted by atomic mass is 9.84. The molecule has 0 aromatic carbocycles. The summed E-state index contributed by atoms with van der Waals surface area (Å²) in [6.07, 6.45) is 3.81. The molecular weight excluding hydrogens is 266 g/mol. The van der Waals surface area contributed by atoms with E-state index in [9.17, 15) is 9.90 Å². The lowest BCUT2D eigenvalue weighted by Crippen LogP contribution is -2.53. The van der Waals surface area contributed by atoms with Gasteiger partial charge >= 0.3 is 5.97 Å². The van der Waals surface area contributed by atoms with Crippen molar-refractivity contribution in [2.75, 3.05) is 40.8 Å². The molecule has 0 radical (unpaired) electrons. The van der Waals surface area contributed by atoms with E-state index in [1.165, 1.54) is 0 Å². The summed E-state index contributed by atoms with van der Waals surface area (Å²) in [6, 6.07) is 0.627. The first-order valence-electron chi connectivity index (χ1n) is 8.21. The minimum Gasteiger partial charge on any atom is -0.480 e. The molecule has 1 aliphatic carbocycles. The summed E-state index contributed by atoms with van der Waals surface area (Å²) < 4.78 is 0. The molecule has 5 nitrogen and oxygen atoms in total. The second-order valence-corrected chi connectivity index (χ2v) is 7.17. The van der Waals surface area contributed by atoms with Crippen LogP contribution < -0.4 is 5.32 Å². The van der Waals surface area contributed by atoms with Gasteiger partial charge < -0.3 is 20.2 Å². The number of carboxylic acids is 1. The van der Waals surface area contributed by atoms with E-state index in [4.69, 9.17) is 0 Å². The number of rotatable bonds is 6. The minimum atomic E-state index is -0.688. The maximum Gasteiger partial charge on any atom is 0.324 e. The Morgan fingerprint density at radius 2 is 2.14 bits per heavy atom. The Kier molecular flexibility index (Phi) is 5.28. The summed E-state index contributed by atoms with van der Waals surface area (Å²) in [5, 5.41) is 12.7. The van der Waals surface area contributed by atoms with Crippen LogP contribution in [0.1, 0.15) is 32.6 Å². The van der Waals surface area contributed by atoms with Crippen molar-refractivity contribution in [1.29, 1.82) is 0 Å². The molecule has 21 heavy (non-hydrogen) atoms. The summed E-state index contributed by atoms with van der Waals surface area (Å²) in [6.45, 7) is 5.58. The molecule has 1 aliphatic heterocycles. The number of likely N-dealkylation sites (tertiary alicyclic amines) is 1. The fraction of sp³-hybridized carbons (Fsp3) is 0.938. The van der Waals surface area contributed by atoms with Gasteiger partial charge in [0, 0.05) is 19.1 Å². The molecule has 2 aliphatic rings. The van der Waals surface area contributed by atoms with Crippen LogP contribution in [0.3, 0.4) is 0 Å². The molecule has 2 fully saturated rings. The van der Waals surface area contributed by atoms with Crippen LogP contribution in [-0.4, -0.2) is 73.2 Å². The van der Waals surface area contributed by atoms with Crippen molar-refractivity contribution in [2.45, 2.75) is 44.2 Å². The Bertz CT molecular complexity index is 375. The third-order valence-corrected chi connectivity index (χ3v) is 5.75. The highest BCUT2D eigenvalue weighted by Crippen LogP contribution is 2.38. The molecule has 0 spiro atoms. The molecule has 2 N–H and O–H groups in total. The average Bonchev–Trinajstić information content (AvgIpc) is 3.00. The van der Waals surface area contributed by atoms with E-state index in [0.717, 1.165) is 45.3 Å². The van der Waals surface area contributed by atoms with E-state index < -0.39 is 11.5 Å². The number of nitrogens with one attached hydrogen (secondary N) is 1. The van der Waals surface area contributed by atoms with Crippen molar-refractivity contribution in [2.24, 2.45) is 11.8 Å². The number of carbonyl (C=O) groups is 1. The van der Waals surface area contributed by atoms with Gasteiger partial charge in [0.25, 0.3) is 0 Å². The normalized spacial score (nSPS) is 37.5. The van der Waals surface area contributed by atoms with E-state index in [2.05, 4.69) is 36.1 Å². The van der Waals surface area contributed by atoms with Gasteiger partial charge in [-0.25, -0.2) is 0 Å². The second-order valence-electron chi connectivity index (χ2n) is 7.17. The molecule has 1 heterocycles. The zero-order chi connectivity index (χ0) is 15.6. The lowest BCUT2D eigenvalue weighted by Gasteiger charge is -2.32. The van der Waals surface area contributed by atoms with Crippen molar-refractivity contribution in [3.63, 3.8) is 0 Å². The number of hydrogen-bond acceptors (Lipinski definition) is 4. The lowest BCUT2D eigenvalue weighted by molar-refractivity contribution is -0.146. The second kappa shape index (κ2) is 6.63. The topological polar surface area (TPSA) is 55.8 Å². The summed E-state index contributed by atoms with van der Waals surface area (Å²) in [5.41, 5.74) is -0.688. The average molecular weight is 297 g/mol. The van der Waals surface area contributed by atoms with Crippen molar-refractivity contribution >= 4 is 5.97 Å². The molecule has 4 unspecified atom stereocenters. The Morgan fingerprint density at radius 3 is 2.67 bits per heavy atom. The van der Waals surface area contributed by atoms with Crippen LogP contribution in [0.4, 0.5) is 0 Å². The van der Waals surface area contributed by atoms with Crippen LogP contribution in [0.15, 0.2) is 0 Å². The predicted octanol–water partition coefficient (Wildman–Crippen LogP) is 1.10. The summed E-state index contributed by atoms with van der Waals surface area (Å²) in [4.78, 5) is 16.5. The van der Waals surface area contributed by atoms with Crippen molar-refractivity contribution in [3.8, 4) is 0 Å². The van der Waals surface area contributed by atoms with Gasteiger partial charge in [-0.1, -0.05) is 13.3 Å².